The molecule has 0 aliphatic heterocycles. The minimum Gasteiger partial charge on any atom is -0.469 e. The highest BCUT2D eigenvalue weighted by molar-refractivity contribution is 5.87. The first kappa shape index (κ1) is 13.6. The van der Waals surface area contributed by atoms with Gasteiger partial charge in [-0.25, -0.2) is 0 Å². The van der Waals surface area contributed by atoms with Crippen LogP contribution in [0.2, 0.25) is 0 Å². The minimum atomic E-state index is -0.104. The summed E-state index contributed by atoms with van der Waals surface area (Å²) in [4.78, 5) is 25.4. The molecule has 1 fully saturated rings. The second-order valence-electron chi connectivity index (χ2n) is 4.77. The van der Waals surface area contributed by atoms with Crippen LogP contribution in [0.25, 0.3) is 0 Å². The molecule has 1 saturated carbocycles. The van der Waals surface area contributed by atoms with Crippen molar-refractivity contribution in [2.45, 2.75) is 26.2 Å². The number of carbonyl (C=O) groups excluding carboxylic acids is 2. The molecule has 5 heteroatoms. The first-order chi connectivity index (χ1) is 9.17. The lowest BCUT2D eigenvalue weighted by molar-refractivity contribution is -0.137. The standard InChI is InChI=1S/C14H20N2O3/c1-3-15-13(17)9-16(4-2)14(18)11-8-10(11)12-6-5-7-19-12/h5-7,10-11H,3-4,8-9H2,1-2H3,(H,15,17). The normalized spacial score (nSPS) is 20.9. The second-order valence-corrected chi connectivity index (χ2v) is 4.77. The third-order valence-corrected chi connectivity index (χ3v) is 3.42. The number of likely N-dealkylation sites (N-methyl/N-ethyl adjacent to an activating group) is 2. The first-order valence-electron chi connectivity index (χ1n) is 6.76. The second kappa shape index (κ2) is 5.91. The maximum absolute atomic E-state index is 12.3. The van der Waals surface area contributed by atoms with Crippen LogP contribution in [0.15, 0.2) is 22.8 Å². The van der Waals surface area contributed by atoms with Crippen molar-refractivity contribution in [3.05, 3.63) is 24.2 Å². The number of amides is 2. The summed E-state index contributed by atoms with van der Waals surface area (Å²) in [6.07, 6.45) is 2.44. The van der Waals surface area contributed by atoms with E-state index < -0.39 is 0 Å². The van der Waals surface area contributed by atoms with Gasteiger partial charge in [0.15, 0.2) is 0 Å². The highest BCUT2D eigenvalue weighted by Gasteiger charge is 2.47. The highest BCUT2D eigenvalue weighted by atomic mass is 16.3. The van der Waals surface area contributed by atoms with Crippen LogP contribution in [0.4, 0.5) is 0 Å². The predicted molar refractivity (Wildman–Crippen MR) is 70.5 cm³/mol. The van der Waals surface area contributed by atoms with Gasteiger partial charge in [0.2, 0.25) is 11.8 Å². The Hall–Kier alpha value is -1.78. The van der Waals surface area contributed by atoms with Gasteiger partial charge < -0.3 is 14.6 Å². The molecule has 1 aliphatic carbocycles. The van der Waals surface area contributed by atoms with Crippen LogP contribution in [0.5, 0.6) is 0 Å². The zero-order valence-corrected chi connectivity index (χ0v) is 11.4. The summed E-state index contributed by atoms with van der Waals surface area (Å²) in [5.74, 6) is 0.974. The lowest BCUT2D eigenvalue weighted by Crippen LogP contribution is -2.41. The molecule has 1 aromatic heterocycles. The van der Waals surface area contributed by atoms with Crippen LogP contribution in [-0.2, 0) is 9.59 Å². The highest BCUT2D eigenvalue weighted by Crippen LogP contribution is 2.48. The van der Waals surface area contributed by atoms with Gasteiger partial charge in [-0.05, 0) is 32.4 Å². The molecule has 2 amide bonds. The van der Waals surface area contributed by atoms with Gasteiger partial charge in [0.1, 0.15) is 5.76 Å². The molecule has 2 atom stereocenters. The number of carbonyl (C=O) groups is 2. The maximum Gasteiger partial charge on any atom is 0.239 e. The van der Waals surface area contributed by atoms with Crippen LogP contribution in [-0.4, -0.2) is 36.3 Å². The molecule has 0 spiro atoms. The van der Waals surface area contributed by atoms with Crippen molar-refractivity contribution in [2.75, 3.05) is 19.6 Å². The Kier molecular flexibility index (Phi) is 4.24. The van der Waals surface area contributed by atoms with Gasteiger partial charge in [-0.15, -0.1) is 0 Å². The Bertz CT molecular complexity index is 442. The molecule has 1 aromatic rings. The molecule has 0 bridgehead atoms. The Morgan fingerprint density at radius 2 is 2.26 bits per heavy atom. The molecule has 104 valence electrons. The lowest BCUT2D eigenvalue weighted by Gasteiger charge is -2.20. The van der Waals surface area contributed by atoms with E-state index in [1.165, 1.54) is 0 Å². The number of nitrogens with zero attached hydrogens (tertiary/aromatic N) is 1. The zero-order chi connectivity index (χ0) is 13.8. The third kappa shape index (κ3) is 3.16. The smallest absolute Gasteiger partial charge is 0.239 e. The number of nitrogens with one attached hydrogen (secondary N) is 1. The topological polar surface area (TPSA) is 62.6 Å². The third-order valence-electron chi connectivity index (χ3n) is 3.42. The largest absolute Gasteiger partial charge is 0.469 e. The van der Waals surface area contributed by atoms with Crippen LogP contribution in [0.1, 0.15) is 31.9 Å². The molecule has 1 aliphatic rings. The van der Waals surface area contributed by atoms with E-state index >= 15 is 0 Å². The Morgan fingerprint density at radius 1 is 1.47 bits per heavy atom. The number of furan rings is 1. The van der Waals surface area contributed by atoms with E-state index in [9.17, 15) is 9.59 Å². The molecule has 19 heavy (non-hydrogen) atoms. The van der Waals surface area contributed by atoms with Crippen molar-refractivity contribution < 1.29 is 14.0 Å². The number of hydrogen-bond acceptors (Lipinski definition) is 3. The van der Waals surface area contributed by atoms with E-state index in [-0.39, 0.29) is 30.2 Å². The van der Waals surface area contributed by atoms with E-state index in [2.05, 4.69) is 5.32 Å². The average Bonchev–Trinajstić information content (AvgIpc) is 3.01. The summed E-state index contributed by atoms with van der Waals surface area (Å²) in [5.41, 5.74) is 0. The quantitative estimate of drug-likeness (QED) is 0.844. The molecule has 5 nitrogen and oxygen atoms in total. The van der Waals surface area contributed by atoms with Gasteiger partial charge in [-0.3, -0.25) is 9.59 Å². The molecule has 1 heterocycles. The summed E-state index contributed by atoms with van der Waals surface area (Å²) in [5, 5.41) is 2.71. The SMILES string of the molecule is CCNC(=O)CN(CC)C(=O)C1CC1c1ccco1. The molecule has 0 aromatic carbocycles. The molecular formula is C14H20N2O3. The van der Waals surface area contributed by atoms with Crippen molar-refractivity contribution in [1.29, 1.82) is 0 Å². The summed E-state index contributed by atoms with van der Waals surface area (Å²) in [6.45, 7) is 5.04. The number of rotatable bonds is 6. The maximum atomic E-state index is 12.3. The average molecular weight is 264 g/mol. The van der Waals surface area contributed by atoms with E-state index in [1.807, 2.05) is 26.0 Å². The lowest BCUT2D eigenvalue weighted by atomic mass is 10.2. The summed E-state index contributed by atoms with van der Waals surface area (Å²) in [6, 6.07) is 3.74. The van der Waals surface area contributed by atoms with E-state index in [4.69, 9.17) is 4.42 Å². The van der Waals surface area contributed by atoms with E-state index in [1.54, 1.807) is 11.2 Å². The summed E-state index contributed by atoms with van der Waals surface area (Å²) in [7, 11) is 0. The monoisotopic (exact) mass is 264 g/mol. The first-order valence-corrected chi connectivity index (χ1v) is 6.76. The van der Waals surface area contributed by atoms with Crippen molar-refractivity contribution in [3.63, 3.8) is 0 Å². The van der Waals surface area contributed by atoms with Gasteiger partial charge in [0.25, 0.3) is 0 Å². The Labute approximate surface area is 113 Å². The van der Waals surface area contributed by atoms with Crippen molar-refractivity contribution in [3.8, 4) is 0 Å². The van der Waals surface area contributed by atoms with Crippen LogP contribution in [0.3, 0.4) is 0 Å². The fourth-order valence-electron chi connectivity index (χ4n) is 2.29. The minimum absolute atomic E-state index is 0.0273. The van der Waals surface area contributed by atoms with Crippen molar-refractivity contribution in [1.82, 2.24) is 10.2 Å². The van der Waals surface area contributed by atoms with Gasteiger partial charge in [-0.1, -0.05) is 0 Å². The Morgan fingerprint density at radius 3 is 2.84 bits per heavy atom. The fourth-order valence-corrected chi connectivity index (χ4v) is 2.29. The van der Waals surface area contributed by atoms with Crippen LogP contribution in [0, 0.1) is 5.92 Å². The molecule has 2 rings (SSSR count). The van der Waals surface area contributed by atoms with E-state index in [0.717, 1.165) is 12.2 Å². The van der Waals surface area contributed by atoms with Gasteiger partial charge in [0, 0.05) is 24.9 Å². The molecule has 2 unspecified atom stereocenters. The summed E-state index contributed by atoms with van der Waals surface area (Å²) < 4.78 is 5.32. The van der Waals surface area contributed by atoms with Gasteiger partial charge >= 0.3 is 0 Å². The molecular weight excluding hydrogens is 244 g/mol. The molecule has 0 radical (unpaired) electrons. The summed E-state index contributed by atoms with van der Waals surface area (Å²) >= 11 is 0. The number of hydrogen-bond donors (Lipinski definition) is 1. The van der Waals surface area contributed by atoms with Gasteiger partial charge in [-0.2, -0.15) is 0 Å². The van der Waals surface area contributed by atoms with Crippen molar-refractivity contribution in [2.24, 2.45) is 5.92 Å². The Balaban J connectivity index is 1.90. The molecule has 1 N–H and O–H groups in total. The van der Waals surface area contributed by atoms with Crippen LogP contribution >= 0.6 is 0 Å². The fraction of sp³-hybridized carbons (Fsp3) is 0.571. The van der Waals surface area contributed by atoms with Crippen LogP contribution < -0.4 is 5.32 Å². The van der Waals surface area contributed by atoms with E-state index in [0.29, 0.717) is 13.1 Å². The predicted octanol–water partition coefficient (Wildman–Crippen LogP) is 1.37. The van der Waals surface area contributed by atoms with Gasteiger partial charge in [0.05, 0.1) is 12.8 Å². The molecule has 0 saturated heterocycles. The van der Waals surface area contributed by atoms with Crippen molar-refractivity contribution >= 4 is 11.8 Å². The zero-order valence-electron chi connectivity index (χ0n) is 11.4.